The summed E-state index contributed by atoms with van der Waals surface area (Å²) < 4.78 is 6.38. The number of benzene rings is 8. The van der Waals surface area contributed by atoms with Gasteiger partial charge in [-0.15, -0.1) is 0 Å². The largest absolute Gasteiger partial charge is 0.456 e. The zero-order chi connectivity index (χ0) is 31.9. The molecule has 0 bridgehead atoms. The molecule has 0 fully saturated rings. The summed E-state index contributed by atoms with van der Waals surface area (Å²) in [5, 5.41) is 4.70. The maximum absolute atomic E-state index is 6.38. The van der Waals surface area contributed by atoms with Gasteiger partial charge in [-0.3, -0.25) is 0 Å². The van der Waals surface area contributed by atoms with E-state index in [1.54, 1.807) is 0 Å². The van der Waals surface area contributed by atoms with Gasteiger partial charge in [0.1, 0.15) is 11.2 Å². The van der Waals surface area contributed by atoms with E-state index < -0.39 is 0 Å². The molecule has 2 heteroatoms. The second kappa shape index (κ2) is 11.8. The molecule has 1 heterocycles. The van der Waals surface area contributed by atoms with Crippen LogP contribution in [0, 0.1) is 0 Å². The summed E-state index contributed by atoms with van der Waals surface area (Å²) in [6, 6.07) is 66.9. The maximum atomic E-state index is 6.38. The standard InChI is InChI=1S/C46H31NO/c1-3-9-32(10-4-1)34-15-22-40(23-16-34)47(41-24-17-35(18-25-41)33-11-5-2-6-12-33)42-26-19-36(20-27-42)39-21-28-43-44-29-37-13-7-8-14-38(37)30-46(44)48-45(43)31-39/h1-31H. The minimum Gasteiger partial charge on any atom is -0.456 e. The summed E-state index contributed by atoms with van der Waals surface area (Å²) >= 11 is 0. The van der Waals surface area contributed by atoms with Gasteiger partial charge in [0.15, 0.2) is 0 Å². The van der Waals surface area contributed by atoms with Crippen LogP contribution < -0.4 is 4.90 Å². The highest BCUT2D eigenvalue weighted by Gasteiger charge is 2.15. The van der Waals surface area contributed by atoms with Gasteiger partial charge in [-0.2, -0.15) is 0 Å². The minimum absolute atomic E-state index is 0.903. The Morgan fingerprint density at radius 3 is 1.21 bits per heavy atom. The van der Waals surface area contributed by atoms with Crippen LogP contribution >= 0.6 is 0 Å². The third-order valence-electron chi connectivity index (χ3n) is 9.26. The van der Waals surface area contributed by atoms with Gasteiger partial charge < -0.3 is 9.32 Å². The second-order valence-corrected chi connectivity index (χ2v) is 12.2. The fraction of sp³-hybridized carbons (Fsp3) is 0. The van der Waals surface area contributed by atoms with Crippen LogP contribution in [0.25, 0.3) is 66.1 Å². The highest BCUT2D eigenvalue weighted by Crippen LogP contribution is 2.39. The highest BCUT2D eigenvalue weighted by atomic mass is 16.3. The van der Waals surface area contributed by atoms with Gasteiger partial charge in [-0.25, -0.2) is 0 Å². The van der Waals surface area contributed by atoms with Crippen LogP contribution in [0.15, 0.2) is 192 Å². The molecule has 0 N–H and O–H groups in total. The number of rotatable bonds is 6. The van der Waals surface area contributed by atoms with E-state index in [0.717, 1.165) is 50.1 Å². The molecule has 9 aromatic rings. The lowest BCUT2D eigenvalue weighted by atomic mass is 10.0. The van der Waals surface area contributed by atoms with E-state index in [9.17, 15) is 0 Å². The number of nitrogens with zero attached hydrogens (tertiary/aromatic N) is 1. The van der Waals surface area contributed by atoms with Gasteiger partial charge >= 0.3 is 0 Å². The summed E-state index contributed by atoms with van der Waals surface area (Å²) in [7, 11) is 0. The van der Waals surface area contributed by atoms with Crippen LogP contribution in [0.1, 0.15) is 0 Å². The Kier molecular flexibility index (Phi) is 6.84. The Labute approximate surface area is 279 Å². The molecule has 9 rings (SSSR count). The van der Waals surface area contributed by atoms with E-state index in [1.165, 1.54) is 33.0 Å². The summed E-state index contributed by atoms with van der Waals surface area (Å²) in [5.41, 5.74) is 12.2. The van der Waals surface area contributed by atoms with Crippen molar-refractivity contribution < 1.29 is 4.42 Å². The summed E-state index contributed by atoms with van der Waals surface area (Å²) in [6.07, 6.45) is 0. The fourth-order valence-corrected chi connectivity index (χ4v) is 6.76. The van der Waals surface area contributed by atoms with E-state index in [2.05, 4.69) is 193 Å². The van der Waals surface area contributed by atoms with Crippen LogP contribution in [0.4, 0.5) is 17.1 Å². The van der Waals surface area contributed by atoms with Crippen molar-refractivity contribution in [1.82, 2.24) is 0 Å². The normalized spacial score (nSPS) is 11.3. The fourth-order valence-electron chi connectivity index (χ4n) is 6.76. The van der Waals surface area contributed by atoms with Crippen LogP contribution in [-0.2, 0) is 0 Å². The molecule has 0 saturated heterocycles. The highest BCUT2D eigenvalue weighted by molar-refractivity contribution is 6.10. The SMILES string of the molecule is c1ccc(-c2ccc(N(c3ccc(-c4ccccc4)cc3)c3ccc(-c4ccc5c(c4)oc4cc6ccccc6cc45)cc3)cc2)cc1. The van der Waals surface area contributed by atoms with E-state index >= 15 is 0 Å². The average molecular weight is 614 g/mol. The van der Waals surface area contributed by atoms with Gasteiger partial charge in [0.25, 0.3) is 0 Å². The van der Waals surface area contributed by atoms with Crippen molar-refractivity contribution in [2.75, 3.05) is 4.90 Å². The first-order valence-corrected chi connectivity index (χ1v) is 16.3. The molecule has 0 unspecified atom stereocenters. The van der Waals surface area contributed by atoms with Crippen molar-refractivity contribution in [3.8, 4) is 33.4 Å². The van der Waals surface area contributed by atoms with Crippen molar-refractivity contribution in [1.29, 1.82) is 0 Å². The molecule has 226 valence electrons. The first-order valence-electron chi connectivity index (χ1n) is 16.3. The van der Waals surface area contributed by atoms with Gasteiger partial charge in [-0.1, -0.05) is 127 Å². The van der Waals surface area contributed by atoms with Crippen molar-refractivity contribution in [2.24, 2.45) is 0 Å². The van der Waals surface area contributed by atoms with Crippen LogP contribution in [0.3, 0.4) is 0 Å². The average Bonchev–Trinajstić information content (AvgIpc) is 3.52. The molecule has 0 spiro atoms. The molecule has 0 amide bonds. The van der Waals surface area contributed by atoms with Gasteiger partial charge in [0.2, 0.25) is 0 Å². The smallest absolute Gasteiger partial charge is 0.136 e. The molecule has 0 saturated carbocycles. The lowest BCUT2D eigenvalue weighted by molar-refractivity contribution is 0.669. The maximum Gasteiger partial charge on any atom is 0.136 e. The third kappa shape index (κ3) is 5.10. The number of fused-ring (bicyclic) bond motifs is 4. The lowest BCUT2D eigenvalue weighted by Gasteiger charge is -2.26. The Bertz CT molecular complexity index is 2430. The molecular formula is C46H31NO. The Balaban J connectivity index is 1.08. The van der Waals surface area contributed by atoms with Crippen molar-refractivity contribution >= 4 is 49.8 Å². The molecular weight excluding hydrogens is 583 g/mol. The van der Waals surface area contributed by atoms with Crippen molar-refractivity contribution in [3.05, 3.63) is 188 Å². The lowest BCUT2D eigenvalue weighted by Crippen LogP contribution is -2.09. The van der Waals surface area contributed by atoms with E-state index in [1.807, 2.05) is 0 Å². The van der Waals surface area contributed by atoms with Gasteiger partial charge in [0, 0.05) is 27.8 Å². The number of hydrogen-bond donors (Lipinski definition) is 0. The molecule has 0 aliphatic rings. The summed E-state index contributed by atoms with van der Waals surface area (Å²) in [4.78, 5) is 2.32. The third-order valence-corrected chi connectivity index (χ3v) is 9.26. The van der Waals surface area contributed by atoms with Crippen molar-refractivity contribution in [3.63, 3.8) is 0 Å². The number of hydrogen-bond acceptors (Lipinski definition) is 2. The topological polar surface area (TPSA) is 16.4 Å². The minimum atomic E-state index is 0.903. The molecule has 8 aromatic carbocycles. The molecule has 0 aliphatic carbocycles. The Morgan fingerprint density at radius 2 is 0.688 bits per heavy atom. The molecule has 0 radical (unpaired) electrons. The van der Waals surface area contributed by atoms with Crippen molar-refractivity contribution in [2.45, 2.75) is 0 Å². The quantitative estimate of drug-likeness (QED) is 0.185. The van der Waals surface area contributed by atoms with Gasteiger partial charge in [-0.05, 0) is 105 Å². The molecule has 0 aliphatic heterocycles. The van der Waals surface area contributed by atoms with Crippen LogP contribution in [-0.4, -0.2) is 0 Å². The molecule has 0 atom stereocenters. The van der Waals surface area contributed by atoms with E-state index in [0.29, 0.717) is 0 Å². The molecule has 2 nitrogen and oxygen atoms in total. The van der Waals surface area contributed by atoms with Crippen LogP contribution in [0.5, 0.6) is 0 Å². The Morgan fingerprint density at radius 1 is 0.292 bits per heavy atom. The second-order valence-electron chi connectivity index (χ2n) is 12.2. The molecule has 48 heavy (non-hydrogen) atoms. The van der Waals surface area contributed by atoms with E-state index in [-0.39, 0.29) is 0 Å². The first-order chi connectivity index (χ1) is 23.8. The predicted octanol–water partition coefficient (Wildman–Crippen LogP) is 13.2. The number of furan rings is 1. The first kappa shape index (κ1) is 27.9. The summed E-state index contributed by atoms with van der Waals surface area (Å²) in [6.45, 7) is 0. The predicted molar refractivity (Wildman–Crippen MR) is 202 cm³/mol. The van der Waals surface area contributed by atoms with Crippen LogP contribution in [0.2, 0.25) is 0 Å². The monoisotopic (exact) mass is 613 g/mol. The zero-order valence-electron chi connectivity index (χ0n) is 26.3. The van der Waals surface area contributed by atoms with Gasteiger partial charge in [0.05, 0.1) is 0 Å². The Hall–Kier alpha value is -6.38. The summed E-state index contributed by atoms with van der Waals surface area (Å²) in [5.74, 6) is 0. The number of anilines is 3. The zero-order valence-corrected chi connectivity index (χ0v) is 26.3. The molecule has 1 aromatic heterocycles. The van der Waals surface area contributed by atoms with E-state index in [4.69, 9.17) is 4.42 Å².